The van der Waals surface area contributed by atoms with Crippen molar-refractivity contribution in [2.45, 2.75) is 27.3 Å². The molecule has 1 N–H and O–H groups in total. The highest BCUT2D eigenvalue weighted by Crippen LogP contribution is 2.21. The van der Waals surface area contributed by atoms with E-state index in [1.807, 2.05) is 20.9 Å². The van der Waals surface area contributed by atoms with Gasteiger partial charge in [-0.1, -0.05) is 12.1 Å². The number of benzene rings is 1. The molecule has 4 nitrogen and oxygen atoms in total. The summed E-state index contributed by atoms with van der Waals surface area (Å²) in [6.07, 6.45) is 0. The van der Waals surface area contributed by atoms with Crippen LogP contribution in [0.5, 0.6) is 0 Å². The smallest absolute Gasteiger partial charge is 0.0641 e. The highest BCUT2D eigenvalue weighted by molar-refractivity contribution is 5.54. The fourth-order valence-electron chi connectivity index (χ4n) is 2.38. The number of aryl methyl sites for hydroxylation is 1. The number of hydrogen-bond acceptors (Lipinski definition) is 4. The molecule has 0 aliphatic rings. The molecule has 21 heavy (non-hydrogen) atoms. The topological polar surface area (TPSA) is 33.7 Å². The molecular weight excluding hydrogens is 264 g/mol. The summed E-state index contributed by atoms with van der Waals surface area (Å²) >= 11 is 0. The number of anilines is 1. The van der Waals surface area contributed by atoms with E-state index in [0.29, 0.717) is 0 Å². The molecule has 0 unspecified atom stereocenters. The van der Waals surface area contributed by atoms with E-state index in [1.54, 1.807) is 0 Å². The quantitative estimate of drug-likeness (QED) is 0.636. The zero-order valence-corrected chi connectivity index (χ0v) is 13.9. The molecule has 0 saturated heterocycles. The third kappa shape index (κ3) is 6.46. The van der Waals surface area contributed by atoms with E-state index in [2.05, 4.69) is 35.3 Å². The second-order valence-electron chi connectivity index (χ2n) is 5.03. The van der Waals surface area contributed by atoms with Crippen molar-refractivity contribution in [3.63, 3.8) is 0 Å². The largest absolute Gasteiger partial charge is 0.380 e. The van der Waals surface area contributed by atoms with Crippen molar-refractivity contribution >= 4 is 5.69 Å². The van der Waals surface area contributed by atoms with Crippen LogP contribution in [0.25, 0.3) is 0 Å². The summed E-state index contributed by atoms with van der Waals surface area (Å²) in [7, 11) is 1.97. The van der Waals surface area contributed by atoms with Crippen LogP contribution in [0.15, 0.2) is 18.2 Å². The van der Waals surface area contributed by atoms with E-state index in [0.717, 1.165) is 46.1 Å². The van der Waals surface area contributed by atoms with Gasteiger partial charge in [0.15, 0.2) is 0 Å². The number of rotatable bonds is 11. The highest BCUT2D eigenvalue weighted by Gasteiger charge is 2.09. The average molecular weight is 294 g/mol. The first-order valence-electron chi connectivity index (χ1n) is 7.87. The molecule has 0 fully saturated rings. The van der Waals surface area contributed by atoms with Gasteiger partial charge in [0.1, 0.15) is 0 Å². The van der Waals surface area contributed by atoms with Crippen molar-refractivity contribution in [3.05, 3.63) is 29.3 Å². The van der Waals surface area contributed by atoms with Crippen LogP contribution in [0.1, 0.15) is 25.0 Å². The van der Waals surface area contributed by atoms with Gasteiger partial charge in [-0.25, -0.2) is 0 Å². The van der Waals surface area contributed by atoms with Crippen LogP contribution >= 0.6 is 0 Å². The maximum absolute atomic E-state index is 5.50. The lowest BCUT2D eigenvalue weighted by molar-refractivity contribution is 0.141. The molecule has 0 heterocycles. The van der Waals surface area contributed by atoms with Crippen molar-refractivity contribution in [2.75, 3.05) is 51.5 Å². The molecule has 0 saturated carbocycles. The summed E-state index contributed by atoms with van der Waals surface area (Å²) in [5.41, 5.74) is 3.89. The minimum Gasteiger partial charge on any atom is -0.380 e. The van der Waals surface area contributed by atoms with Crippen LogP contribution in [0.3, 0.4) is 0 Å². The number of nitrogens with zero attached hydrogens (tertiary/aromatic N) is 1. The number of ether oxygens (including phenoxy) is 2. The van der Waals surface area contributed by atoms with Gasteiger partial charge in [0, 0.05) is 38.5 Å². The maximum atomic E-state index is 5.50. The number of hydrogen-bond donors (Lipinski definition) is 1. The van der Waals surface area contributed by atoms with Gasteiger partial charge in [-0.15, -0.1) is 0 Å². The second kappa shape index (κ2) is 10.6. The van der Waals surface area contributed by atoms with Crippen LogP contribution in [-0.4, -0.2) is 46.6 Å². The molecule has 0 aliphatic carbocycles. The summed E-state index contributed by atoms with van der Waals surface area (Å²) in [4.78, 5) is 2.35. The lowest BCUT2D eigenvalue weighted by Gasteiger charge is -2.26. The third-order valence-electron chi connectivity index (χ3n) is 3.40. The summed E-state index contributed by atoms with van der Waals surface area (Å²) in [6, 6.07) is 6.65. The Labute approximate surface area is 129 Å². The molecule has 1 aromatic carbocycles. The van der Waals surface area contributed by atoms with E-state index in [-0.39, 0.29) is 0 Å². The molecule has 0 aliphatic heterocycles. The summed E-state index contributed by atoms with van der Waals surface area (Å²) in [5, 5.41) is 3.19. The monoisotopic (exact) mass is 294 g/mol. The predicted octanol–water partition coefficient (Wildman–Crippen LogP) is 2.59. The van der Waals surface area contributed by atoms with Gasteiger partial charge in [0.2, 0.25) is 0 Å². The van der Waals surface area contributed by atoms with Crippen molar-refractivity contribution < 1.29 is 9.47 Å². The van der Waals surface area contributed by atoms with Crippen LogP contribution < -0.4 is 10.2 Å². The van der Waals surface area contributed by atoms with E-state index in [9.17, 15) is 0 Å². The molecule has 0 bridgehead atoms. The van der Waals surface area contributed by atoms with Crippen LogP contribution in [0, 0.1) is 6.92 Å². The van der Waals surface area contributed by atoms with Crippen LogP contribution in [-0.2, 0) is 16.0 Å². The Morgan fingerprint density at radius 2 is 1.67 bits per heavy atom. The molecule has 0 aromatic heterocycles. The second-order valence-corrected chi connectivity index (χ2v) is 5.03. The lowest BCUT2D eigenvalue weighted by atomic mass is 10.1. The molecule has 120 valence electrons. The maximum Gasteiger partial charge on any atom is 0.0641 e. The van der Waals surface area contributed by atoms with Gasteiger partial charge in [-0.2, -0.15) is 0 Å². The molecule has 4 heteroatoms. The van der Waals surface area contributed by atoms with Gasteiger partial charge < -0.3 is 19.7 Å². The summed E-state index contributed by atoms with van der Waals surface area (Å²) < 4.78 is 11.0. The molecule has 0 spiro atoms. The van der Waals surface area contributed by atoms with Gasteiger partial charge >= 0.3 is 0 Å². The van der Waals surface area contributed by atoms with Gasteiger partial charge in [-0.3, -0.25) is 0 Å². The minimum atomic E-state index is 0.750. The standard InChI is InChI=1S/C17H30N2O2/c1-5-20-11-9-19(10-12-21-6-2)17-8-7-16(14-18-4)13-15(17)3/h7-8,13,18H,5-6,9-12,14H2,1-4H3. The zero-order valence-electron chi connectivity index (χ0n) is 13.9. The van der Waals surface area contributed by atoms with Crippen molar-refractivity contribution in [3.8, 4) is 0 Å². The Morgan fingerprint density at radius 1 is 1.05 bits per heavy atom. The Bertz CT molecular complexity index is 386. The van der Waals surface area contributed by atoms with E-state index in [1.165, 1.54) is 16.8 Å². The van der Waals surface area contributed by atoms with Gasteiger partial charge in [-0.05, 0) is 45.0 Å². The highest BCUT2D eigenvalue weighted by atomic mass is 16.5. The fraction of sp³-hybridized carbons (Fsp3) is 0.647. The van der Waals surface area contributed by atoms with Crippen LogP contribution in [0.2, 0.25) is 0 Å². The minimum absolute atomic E-state index is 0.750. The summed E-state index contributed by atoms with van der Waals surface area (Å²) in [5.74, 6) is 0. The van der Waals surface area contributed by atoms with Crippen molar-refractivity contribution in [2.24, 2.45) is 0 Å². The molecule has 1 aromatic rings. The molecule has 0 atom stereocenters. The van der Waals surface area contributed by atoms with Crippen LogP contribution in [0.4, 0.5) is 5.69 Å². The molecule has 0 amide bonds. The normalized spacial score (nSPS) is 10.9. The molecule has 0 radical (unpaired) electrons. The Kier molecular flexibility index (Phi) is 9.06. The summed E-state index contributed by atoms with van der Waals surface area (Å²) in [6.45, 7) is 12.0. The Hall–Kier alpha value is -1.10. The number of nitrogens with one attached hydrogen (secondary N) is 1. The molecule has 1 rings (SSSR count). The van der Waals surface area contributed by atoms with E-state index >= 15 is 0 Å². The van der Waals surface area contributed by atoms with E-state index < -0.39 is 0 Å². The third-order valence-corrected chi connectivity index (χ3v) is 3.40. The first-order valence-corrected chi connectivity index (χ1v) is 7.87. The van der Waals surface area contributed by atoms with Gasteiger partial charge in [0.05, 0.1) is 13.2 Å². The van der Waals surface area contributed by atoms with Crippen molar-refractivity contribution in [1.29, 1.82) is 0 Å². The first kappa shape index (κ1) is 18.0. The average Bonchev–Trinajstić information content (AvgIpc) is 2.47. The Balaban J connectivity index is 2.74. The van der Waals surface area contributed by atoms with Gasteiger partial charge in [0.25, 0.3) is 0 Å². The predicted molar refractivity (Wildman–Crippen MR) is 89.1 cm³/mol. The van der Waals surface area contributed by atoms with Crippen molar-refractivity contribution in [1.82, 2.24) is 5.32 Å². The van der Waals surface area contributed by atoms with E-state index in [4.69, 9.17) is 9.47 Å². The first-order chi connectivity index (χ1) is 10.2. The SMILES string of the molecule is CCOCCN(CCOCC)c1ccc(CNC)cc1C. The molecular formula is C17H30N2O2. The zero-order chi connectivity index (χ0) is 15.5. The fourth-order valence-corrected chi connectivity index (χ4v) is 2.38. The Morgan fingerprint density at radius 3 is 2.14 bits per heavy atom. The lowest BCUT2D eigenvalue weighted by Crippen LogP contribution is -2.31.